The highest BCUT2D eigenvalue weighted by Crippen LogP contribution is 2.23. The molecule has 0 aliphatic carbocycles. The van der Waals surface area contributed by atoms with Gasteiger partial charge in [-0.2, -0.15) is 4.98 Å². The van der Waals surface area contributed by atoms with Crippen molar-refractivity contribution < 1.29 is 14.3 Å². The minimum Gasteiger partial charge on any atom is -0.465 e. The lowest BCUT2D eigenvalue weighted by atomic mass is 10.2. The molecule has 132 valence electrons. The number of hydrogen-bond donors (Lipinski definition) is 2. The molecule has 1 heterocycles. The van der Waals surface area contributed by atoms with Crippen LogP contribution in [0, 0.1) is 13.8 Å². The van der Waals surface area contributed by atoms with Gasteiger partial charge in [-0.15, -0.1) is 0 Å². The summed E-state index contributed by atoms with van der Waals surface area (Å²) in [5.74, 6) is -0.894. The number of nitrogens with one attached hydrogen (secondary N) is 2. The molecular formula is C16H16BrN3O4S. The van der Waals surface area contributed by atoms with Crippen molar-refractivity contribution in [2.45, 2.75) is 18.9 Å². The van der Waals surface area contributed by atoms with Crippen molar-refractivity contribution in [2.75, 3.05) is 18.2 Å². The zero-order valence-corrected chi connectivity index (χ0v) is 16.2. The number of H-pyrrole nitrogens is 1. The predicted molar refractivity (Wildman–Crippen MR) is 99.2 cm³/mol. The lowest BCUT2D eigenvalue weighted by molar-refractivity contribution is -0.113. The number of carbonyl (C=O) groups is 2. The van der Waals surface area contributed by atoms with Crippen LogP contribution in [0.2, 0.25) is 0 Å². The highest BCUT2D eigenvalue weighted by Gasteiger charge is 2.19. The number of methoxy groups -OCH3 is 1. The van der Waals surface area contributed by atoms with Gasteiger partial charge in [0.1, 0.15) is 10.6 Å². The van der Waals surface area contributed by atoms with Crippen molar-refractivity contribution >= 4 is 45.3 Å². The van der Waals surface area contributed by atoms with Gasteiger partial charge in [0.2, 0.25) is 5.91 Å². The number of aromatic amines is 1. The molecule has 0 aliphatic rings. The molecule has 0 fully saturated rings. The van der Waals surface area contributed by atoms with Gasteiger partial charge in [0.25, 0.3) is 0 Å². The van der Waals surface area contributed by atoms with Gasteiger partial charge in [-0.25, -0.2) is 9.59 Å². The molecule has 0 radical (unpaired) electrons. The summed E-state index contributed by atoms with van der Waals surface area (Å²) in [5.41, 5.74) is 1.51. The van der Waals surface area contributed by atoms with Crippen LogP contribution in [0.1, 0.15) is 21.6 Å². The maximum Gasteiger partial charge on any atom is 0.346 e. The Morgan fingerprint density at radius 2 is 2.08 bits per heavy atom. The number of aromatic nitrogens is 2. The van der Waals surface area contributed by atoms with E-state index in [2.05, 4.69) is 31.2 Å². The molecule has 0 unspecified atom stereocenters. The van der Waals surface area contributed by atoms with Crippen LogP contribution in [-0.2, 0) is 9.53 Å². The maximum absolute atomic E-state index is 12.2. The summed E-state index contributed by atoms with van der Waals surface area (Å²) in [4.78, 5) is 41.8. The van der Waals surface area contributed by atoms with Crippen LogP contribution in [0.5, 0.6) is 0 Å². The zero-order valence-electron chi connectivity index (χ0n) is 13.8. The Bertz CT molecular complexity index is 882. The van der Waals surface area contributed by atoms with Gasteiger partial charge in [-0.3, -0.25) is 4.79 Å². The first-order chi connectivity index (χ1) is 11.8. The van der Waals surface area contributed by atoms with Crippen molar-refractivity contribution in [3.8, 4) is 0 Å². The topological polar surface area (TPSA) is 101 Å². The molecule has 2 rings (SSSR count). The number of aryl methyl sites for hydroxylation is 2. The number of nitrogens with zero attached hydrogens (tertiary/aromatic N) is 1. The Labute approximate surface area is 156 Å². The van der Waals surface area contributed by atoms with Gasteiger partial charge in [0.05, 0.1) is 12.9 Å². The van der Waals surface area contributed by atoms with E-state index in [4.69, 9.17) is 4.74 Å². The van der Waals surface area contributed by atoms with Crippen LogP contribution in [0.15, 0.2) is 32.5 Å². The lowest BCUT2D eigenvalue weighted by Crippen LogP contribution is -2.20. The number of halogens is 1. The van der Waals surface area contributed by atoms with E-state index in [-0.39, 0.29) is 22.2 Å². The Balaban J connectivity index is 2.14. The Morgan fingerprint density at radius 1 is 1.36 bits per heavy atom. The fourth-order valence-electron chi connectivity index (χ4n) is 2.09. The highest BCUT2D eigenvalue weighted by atomic mass is 79.9. The third-order valence-electron chi connectivity index (χ3n) is 3.28. The molecule has 1 aromatic heterocycles. The SMILES string of the molecule is COC(=O)c1c(SCC(=O)Nc2ccc(Br)cc2C)nc(=O)[nH]c1C. The molecule has 0 saturated carbocycles. The first-order valence-electron chi connectivity index (χ1n) is 7.20. The van der Waals surface area contributed by atoms with Gasteiger partial charge in [-0.05, 0) is 37.6 Å². The van der Waals surface area contributed by atoms with Gasteiger partial charge in [-0.1, -0.05) is 27.7 Å². The number of ether oxygens (including phenoxy) is 1. The van der Waals surface area contributed by atoms with Crippen molar-refractivity contribution in [3.05, 3.63) is 50.0 Å². The zero-order chi connectivity index (χ0) is 18.6. The standard InChI is InChI=1S/C16H16BrN3O4S/c1-8-6-10(17)4-5-11(8)19-12(21)7-25-14-13(15(22)24-3)9(2)18-16(23)20-14/h4-6H,7H2,1-3H3,(H,19,21)(H,18,20,23). The first kappa shape index (κ1) is 19.2. The number of anilines is 1. The van der Waals surface area contributed by atoms with Gasteiger partial charge >= 0.3 is 11.7 Å². The number of thioether (sulfide) groups is 1. The van der Waals surface area contributed by atoms with Crippen molar-refractivity contribution in [1.29, 1.82) is 0 Å². The number of amides is 1. The number of rotatable bonds is 5. The van der Waals surface area contributed by atoms with Crippen molar-refractivity contribution in [1.82, 2.24) is 9.97 Å². The lowest BCUT2D eigenvalue weighted by Gasteiger charge is -2.10. The normalized spacial score (nSPS) is 10.4. The van der Waals surface area contributed by atoms with E-state index in [1.807, 2.05) is 19.1 Å². The summed E-state index contributed by atoms with van der Waals surface area (Å²) in [6, 6.07) is 5.50. The molecule has 0 atom stereocenters. The van der Waals surface area contributed by atoms with Gasteiger partial charge in [0.15, 0.2) is 0 Å². The van der Waals surface area contributed by atoms with Crippen molar-refractivity contribution in [2.24, 2.45) is 0 Å². The molecule has 2 N–H and O–H groups in total. The molecular weight excluding hydrogens is 410 g/mol. The molecule has 2 aromatic rings. The van der Waals surface area contributed by atoms with E-state index in [9.17, 15) is 14.4 Å². The largest absolute Gasteiger partial charge is 0.465 e. The monoisotopic (exact) mass is 425 g/mol. The molecule has 25 heavy (non-hydrogen) atoms. The molecule has 1 amide bonds. The van der Waals surface area contributed by atoms with Gasteiger partial charge < -0.3 is 15.0 Å². The summed E-state index contributed by atoms with van der Waals surface area (Å²) < 4.78 is 5.63. The first-order valence-corrected chi connectivity index (χ1v) is 8.97. The Hall–Kier alpha value is -2.13. The summed E-state index contributed by atoms with van der Waals surface area (Å²) >= 11 is 4.37. The second-order valence-corrected chi connectivity index (χ2v) is 7.01. The molecule has 0 spiro atoms. The second kappa shape index (κ2) is 8.30. The van der Waals surface area contributed by atoms with Crippen LogP contribution in [0.25, 0.3) is 0 Å². The summed E-state index contributed by atoms with van der Waals surface area (Å²) in [5, 5.41) is 2.95. The second-order valence-electron chi connectivity index (χ2n) is 5.13. The van der Waals surface area contributed by atoms with Crippen LogP contribution in [0.4, 0.5) is 5.69 Å². The summed E-state index contributed by atoms with van der Waals surface area (Å²) in [6.07, 6.45) is 0. The maximum atomic E-state index is 12.2. The van der Waals surface area contributed by atoms with Crippen LogP contribution < -0.4 is 11.0 Å². The quantitative estimate of drug-likeness (QED) is 0.433. The average Bonchev–Trinajstić information content (AvgIpc) is 2.54. The van der Waals surface area contributed by atoms with E-state index in [1.54, 1.807) is 13.0 Å². The number of carbonyl (C=O) groups excluding carboxylic acids is 2. The number of benzene rings is 1. The van der Waals surface area contributed by atoms with Crippen LogP contribution in [0.3, 0.4) is 0 Å². The third kappa shape index (κ3) is 4.93. The fraction of sp³-hybridized carbons (Fsp3) is 0.250. The fourth-order valence-corrected chi connectivity index (χ4v) is 3.44. The summed E-state index contributed by atoms with van der Waals surface area (Å²) in [7, 11) is 1.24. The Kier molecular flexibility index (Phi) is 6.38. The molecule has 7 nitrogen and oxygen atoms in total. The van der Waals surface area contributed by atoms with Crippen LogP contribution in [-0.4, -0.2) is 34.7 Å². The number of esters is 1. The van der Waals surface area contributed by atoms with E-state index >= 15 is 0 Å². The molecule has 0 bridgehead atoms. The van der Waals surface area contributed by atoms with Gasteiger partial charge in [0, 0.05) is 15.9 Å². The molecule has 0 saturated heterocycles. The smallest absolute Gasteiger partial charge is 0.346 e. The molecule has 1 aromatic carbocycles. The van der Waals surface area contributed by atoms with E-state index < -0.39 is 11.7 Å². The summed E-state index contributed by atoms with van der Waals surface area (Å²) in [6.45, 7) is 3.45. The van der Waals surface area contributed by atoms with E-state index in [0.717, 1.165) is 21.8 Å². The molecule has 0 aliphatic heterocycles. The minimum atomic E-state index is -0.618. The third-order valence-corrected chi connectivity index (χ3v) is 4.75. The van der Waals surface area contributed by atoms with E-state index in [0.29, 0.717) is 11.4 Å². The molecule has 9 heteroatoms. The average molecular weight is 426 g/mol. The Morgan fingerprint density at radius 3 is 2.72 bits per heavy atom. The van der Waals surface area contributed by atoms with Crippen molar-refractivity contribution in [3.63, 3.8) is 0 Å². The number of hydrogen-bond acceptors (Lipinski definition) is 6. The van der Waals surface area contributed by atoms with E-state index in [1.165, 1.54) is 7.11 Å². The van der Waals surface area contributed by atoms with Crippen LogP contribution >= 0.6 is 27.7 Å². The highest BCUT2D eigenvalue weighted by molar-refractivity contribution is 9.10. The minimum absolute atomic E-state index is 0.00457. The predicted octanol–water partition coefficient (Wildman–Crippen LogP) is 2.67.